The van der Waals surface area contributed by atoms with Crippen LogP contribution >= 0.6 is 0 Å². The lowest BCUT2D eigenvalue weighted by Crippen LogP contribution is -2.49. The number of carbonyl (C=O) groups is 1. The fourth-order valence-corrected chi connectivity index (χ4v) is 5.57. The largest absolute Gasteiger partial charge is 0.497 e. The van der Waals surface area contributed by atoms with Crippen molar-refractivity contribution in [3.8, 4) is 17.2 Å². The molecule has 1 amide bonds. The number of aryl methyl sites for hydroxylation is 1. The van der Waals surface area contributed by atoms with Crippen LogP contribution in [0.5, 0.6) is 17.2 Å². The van der Waals surface area contributed by atoms with Gasteiger partial charge in [-0.15, -0.1) is 0 Å². The SMILES string of the molecule is COc1ccc(Oc2ccc3c(c2)CCC2C3CCCN2C(=O)c2ccc3nc[nH]c3c2)cc1.[HH]. The van der Waals surface area contributed by atoms with Crippen molar-refractivity contribution in [2.45, 2.75) is 37.6 Å². The molecule has 0 bridgehead atoms. The molecule has 1 aliphatic carbocycles. The zero-order chi connectivity index (χ0) is 23.1. The summed E-state index contributed by atoms with van der Waals surface area (Å²) in [5.74, 6) is 2.93. The fraction of sp³-hybridized carbons (Fsp3) is 0.286. The van der Waals surface area contributed by atoms with Gasteiger partial charge < -0.3 is 19.4 Å². The van der Waals surface area contributed by atoms with Crippen LogP contribution in [0.15, 0.2) is 67.0 Å². The normalized spacial score (nSPS) is 19.4. The van der Waals surface area contributed by atoms with Crippen LogP contribution < -0.4 is 9.47 Å². The molecule has 34 heavy (non-hydrogen) atoms. The zero-order valence-corrected chi connectivity index (χ0v) is 19.2. The molecule has 1 saturated heterocycles. The number of H-pyrrole nitrogens is 1. The Morgan fingerprint density at radius 3 is 2.71 bits per heavy atom. The standard InChI is InChI=1S/C28H27N3O3.H2/c1-33-20-6-8-21(9-7-20)34-22-10-11-23-18(15-22)5-13-27-24(23)3-2-14-31(27)28(32)19-4-12-25-26(16-19)30-17-29-25;/h4,6-12,15-17,24,27H,2-3,5,13-14H2,1H3,(H,29,30);1H. The summed E-state index contributed by atoms with van der Waals surface area (Å²) in [7, 11) is 1.66. The van der Waals surface area contributed by atoms with E-state index in [0.717, 1.165) is 66.1 Å². The monoisotopic (exact) mass is 455 g/mol. The number of benzene rings is 3. The van der Waals surface area contributed by atoms with Crippen LogP contribution in [0.2, 0.25) is 0 Å². The molecule has 6 nitrogen and oxygen atoms in total. The van der Waals surface area contributed by atoms with Gasteiger partial charge in [0.2, 0.25) is 0 Å². The first-order valence-corrected chi connectivity index (χ1v) is 11.9. The smallest absolute Gasteiger partial charge is 0.254 e. The summed E-state index contributed by atoms with van der Waals surface area (Å²) >= 11 is 0. The average molecular weight is 456 g/mol. The molecule has 2 aliphatic rings. The minimum atomic E-state index is 0. The van der Waals surface area contributed by atoms with Crippen molar-refractivity contribution in [3.05, 3.63) is 83.7 Å². The maximum atomic E-state index is 13.5. The Morgan fingerprint density at radius 2 is 1.85 bits per heavy atom. The Labute approximate surface area is 200 Å². The number of nitrogens with one attached hydrogen (secondary N) is 1. The summed E-state index contributed by atoms with van der Waals surface area (Å²) in [5.41, 5.74) is 5.21. The average Bonchev–Trinajstić information content (AvgIpc) is 3.36. The Hall–Kier alpha value is -3.80. The van der Waals surface area contributed by atoms with Crippen LogP contribution in [0.1, 0.15) is 48.1 Å². The molecular formula is C28H29N3O3. The van der Waals surface area contributed by atoms with Gasteiger partial charge in [-0.3, -0.25) is 4.79 Å². The van der Waals surface area contributed by atoms with Gasteiger partial charge in [-0.25, -0.2) is 4.98 Å². The lowest BCUT2D eigenvalue weighted by atomic mass is 9.74. The van der Waals surface area contributed by atoms with Gasteiger partial charge in [0.15, 0.2) is 0 Å². The second kappa shape index (κ2) is 8.52. The van der Waals surface area contributed by atoms with Gasteiger partial charge in [-0.1, -0.05) is 6.07 Å². The summed E-state index contributed by atoms with van der Waals surface area (Å²) in [6.45, 7) is 0.814. The van der Waals surface area contributed by atoms with Gasteiger partial charge in [-0.05, 0) is 91.4 Å². The van der Waals surface area contributed by atoms with E-state index >= 15 is 0 Å². The fourth-order valence-electron chi connectivity index (χ4n) is 5.57. The summed E-state index contributed by atoms with van der Waals surface area (Å²) in [6.07, 6.45) is 5.71. The van der Waals surface area contributed by atoms with Crippen molar-refractivity contribution < 1.29 is 15.7 Å². The molecule has 0 radical (unpaired) electrons. The van der Waals surface area contributed by atoms with Crippen molar-refractivity contribution in [1.29, 1.82) is 0 Å². The Bertz CT molecular complexity index is 1350. The van der Waals surface area contributed by atoms with Crippen molar-refractivity contribution in [3.63, 3.8) is 0 Å². The number of likely N-dealkylation sites (tertiary alicyclic amines) is 1. The van der Waals surface area contributed by atoms with Crippen LogP contribution in [-0.2, 0) is 6.42 Å². The van der Waals surface area contributed by atoms with Crippen LogP contribution in [0, 0.1) is 0 Å². The number of piperidine rings is 1. The molecule has 3 aromatic carbocycles. The number of rotatable bonds is 4. The lowest BCUT2D eigenvalue weighted by Gasteiger charge is -2.45. The summed E-state index contributed by atoms with van der Waals surface area (Å²) in [5, 5.41) is 0. The second-order valence-electron chi connectivity index (χ2n) is 9.13. The van der Waals surface area contributed by atoms with Gasteiger partial charge in [0.05, 0.1) is 24.5 Å². The third-order valence-electron chi connectivity index (χ3n) is 7.23. The molecule has 0 saturated carbocycles. The predicted molar refractivity (Wildman–Crippen MR) is 133 cm³/mol. The molecule has 4 aromatic rings. The minimum Gasteiger partial charge on any atom is -0.497 e. The van der Waals surface area contributed by atoms with Gasteiger partial charge in [-0.2, -0.15) is 0 Å². The molecule has 2 heterocycles. The zero-order valence-electron chi connectivity index (χ0n) is 19.2. The summed E-state index contributed by atoms with van der Waals surface area (Å²) < 4.78 is 11.3. The number of hydrogen-bond acceptors (Lipinski definition) is 4. The molecule has 2 unspecified atom stereocenters. The number of amides is 1. The first-order chi connectivity index (χ1) is 16.7. The van der Waals surface area contributed by atoms with E-state index in [1.807, 2.05) is 42.5 Å². The van der Waals surface area contributed by atoms with E-state index in [4.69, 9.17) is 9.47 Å². The van der Waals surface area contributed by atoms with E-state index < -0.39 is 0 Å². The van der Waals surface area contributed by atoms with Crippen LogP contribution in [0.4, 0.5) is 0 Å². The third-order valence-corrected chi connectivity index (χ3v) is 7.23. The number of aromatic amines is 1. The maximum Gasteiger partial charge on any atom is 0.254 e. The highest BCUT2D eigenvalue weighted by atomic mass is 16.5. The first kappa shape index (κ1) is 20.8. The minimum absolute atomic E-state index is 0. The molecule has 1 aliphatic heterocycles. The number of methoxy groups -OCH3 is 1. The van der Waals surface area contributed by atoms with Gasteiger partial charge in [0.1, 0.15) is 17.2 Å². The number of ether oxygens (including phenoxy) is 2. The number of imidazole rings is 1. The molecule has 2 atom stereocenters. The first-order valence-electron chi connectivity index (χ1n) is 11.9. The lowest BCUT2D eigenvalue weighted by molar-refractivity contribution is 0.0547. The molecular weight excluding hydrogens is 426 g/mol. The molecule has 6 rings (SSSR count). The van der Waals surface area contributed by atoms with Gasteiger partial charge in [0.25, 0.3) is 5.91 Å². The number of aromatic nitrogens is 2. The highest BCUT2D eigenvalue weighted by Crippen LogP contribution is 2.42. The molecule has 1 fully saturated rings. The summed E-state index contributed by atoms with van der Waals surface area (Å²) in [6, 6.07) is 20.0. The van der Waals surface area contributed by atoms with Crippen molar-refractivity contribution in [2.24, 2.45) is 0 Å². The van der Waals surface area contributed by atoms with E-state index in [2.05, 4.69) is 33.1 Å². The molecule has 174 valence electrons. The number of carbonyl (C=O) groups excluding carboxylic acids is 1. The molecule has 6 heteroatoms. The Balaban J connectivity index is 0.00000253. The van der Waals surface area contributed by atoms with E-state index in [-0.39, 0.29) is 13.4 Å². The van der Waals surface area contributed by atoms with Crippen LogP contribution in [-0.4, -0.2) is 40.5 Å². The molecule has 0 spiro atoms. The second-order valence-corrected chi connectivity index (χ2v) is 9.13. The van der Waals surface area contributed by atoms with Gasteiger partial charge >= 0.3 is 0 Å². The van der Waals surface area contributed by atoms with Crippen molar-refractivity contribution in [2.75, 3.05) is 13.7 Å². The predicted octanol–water partition coefficient (Wildman–Crippen LogP) is 5.94. The van der Waals surface area contributed by atoms with Crippen LogP contribution in [0.25, 0.3) is 11.0 Å². The van der Waals surface area contributed by atoms with E-state index in [9.17, 15) is 4.79 Å². The van der Waals surface area contributed by atoms with E-state index in [1.165, 1.54) is 11.1 Å². The Kier molecular flexibility index (Phi) is 5.21. The van der Waals surface area contributed by atoms with Crippen molar-refractivity contribution >= 4 is 16.9 Å². The number of fused-ring (bicyclic) bond motifs is 4. The van der Waals surface area contributed by atoms with Gasteiger partial charge in [0, 0.05) is 25.5 Å². The third kappa shape index (κ3) is 3.69. The quantitative estimate of drug-likeness (QED) is 0.413. The van der Waals surface area contributed by atoms with Crippen LogP contribution in [0.3, 0.4) is 0 Å². The topological polar surface area (TPSA) is 67.5 Å². The number of hydrogen-bond donors (Lipinski definition) is 1. The highest BCUT2D eigenvalue weighted by Gasteiger charge is 2.38. The van der Waals surface area contributed by atoms with Crippen molar-refractivity contribution in [1.82, 2.24) is 14.9 Å². The highest BCUT2D eigenvalue weighted by molar-refractivity contribution is 5.97. The van der Waals surface area contributed by atoms with E-state index in [0.29, 0.717) is 5.92 Å². The molecule has 1 N–H and O–H groups in total. The van der Waals surface area contributed by atoms with E-state index in [1.54, 1.807) is 13.4 Å². The summed E-state index contributed by atoms with van der Waals surface area (Å²) in [4.78, 5) is 23.0. The molecule has 1 aromatic heterocycles. The number of nitrogens with zero attached hydrogens (tertiary/aromatic N) is 2. The Morgan fingerprint density at radius 1 is 1.03 bits per heavy atom. The maximum absolute atomic E-state index is 13.5.